The minimum absolute atomic E-state index is 0.178. The zero-order chi connectivity index (χ0) is 11.4. The first kappa shape index (κ1) is 10.2. The van der Waals surface area contributed by atoms with Gasteiger partial charge in [0.1, 0.15) is 5.76 Å². The highest BCUT2D eigenvalue weighted by Gasteiger charge is 2.10. The van der Waals surface area contributed by atoms with E-state index in [-0.39, 0.29) is 5.57 Å². The average molecular weight is 215 g/mol. The van der Waals surface area contributed by atoms with Gasteiger partial charge >= 0.3 is 5.97 Å². The number of hydrogen-bond donors (Lipinski definition) is 1. The van der Waals surface area contributed by atoms with Crippen LogP contribution in [0.3, 0.4) is 0 Å². The third-order valence-electron chi connectivity index (χ3n) is 2.05. The lowest BCUT2D eigenvalue weighted by Gasteiger charge is -2.00. The van der Waals surface area contributed by atoms with E-state index in [2.05, 4.69) is 4.98 Å². The van der Waals surface area contributed by atoms with Crippen molar-refractivity contribution in [2.75, 3.05) is 0 Å². The SMILES string of the molecule is O=C(O)C(=Cc1ccco1)c1ccncc1. The fraction of sp³-hybridized carbons (Fsp3) is 0. The van der Waals surface area contributed by atoms with Crippen LogP contribution in [0.4, 0.5) is 0 Å². The van der Waals surface area contributed by atoms with E-state index in [1.54, 1.807) is 36.7 Å². The number of carboxylic acids is 1. The Balaban J connectivity index is 2.43. The van der Waals surface area contributed by atoms with Crippen LogP contribution < -0.4 is 0 Å². The molecule has 16 heavy (non-hydrogen) atoms. The maximum Gasteiger partial charge on any atom is 0.336 e. The maximum absolute atomic E-state index is 11.1. The third kappa shape index (κ3) is 2.17. The summed E-state index contributed by atoms with van der Waals surface area (Å²) in [6.45, 7) is 0. The molecule has 2 aromatic heterocycles. The van der Waals surface area contributed by atoms with Crippen molar-refractivity contribution in [3.8, 4) is 0 Å². The molecule has 4 heteroatoms. The Hall–Kier alpha value is -2.36. The van der Waals surface area contributed by atoms with Gasteiger partial charge in [-0.2, -0.15) is 0 Å². The summed E-state index contributed by atoms with van der Waals surface area (Å²) in [7, 11) is 0. The summed E-state index contributed by atoms with van der Waals surface area (Å²) < 4.78 is 5.08. The summed E-state index contributed by atoms with van der Waals surface area (Å²) in [5.41, 5.74) is 0.774. The number of aromatic nitrogens is 1. The van der Waals surface area contributed by atoms with E-state index < -0.39 is 5.97 Å². The Bertz CT molecular complexity index is 500. The zero-order valence-corrected chi connectivity index (χ0v) is 8.33. The highest BCUT2D eigenvalue weighted by atomic mass is 16.4. The summed E-state index contributed by atoms with van der Waals surface area (Å²) in [4.78, 5) is 14.9. The quantitative estimate of drug-likeness (QED) is 0.798. The molecule has 0 aliphatic heterocycles. The molecule has 2 aromatic rings. The number of nitrogens with zero attached hydrogens (tertiary/aromatic N) is 1. The van der Waals surface area contributed by atoms with E-state index >= 15 is 0 Å². The molecule has 0 radical (unpaired) electrons. The molecule has 0 saturated heterocycles. The van der Waals surface area contributed by atoms with Crippen molar-refractivity contribution in [3.63, 3.8) is 0 Å². The van der Waals surface area contributed by atoms with E-state index in [9.17, 15) is 4.79 Å². The summed E-state index contributed by atoms with van der Waals surface area (Å²) in [5.74, 6) is -0.489. The summed E-state index contributed by atoms with van der Waals surface area (Å²) in [6.07, 6.45) is 6.08. The van der Waals surface area contributed by atoms with Crippen molar-refractivity contribution >= 4 is 17.6 Å². The van der Waals surface area contributed by atoms with Gasteiger partial charge in [-0.05, 0) is 35.9 Å². The second kappa shape index (κ2) is 4.44. The van der Waals surface area contributed by atoms with E-state index in [0.717, 1.165) is 0 Å². The van der Waals surface area contributed by atoms with Crippen LogP contribution in [0, 0.1) is 0 Å². The molecule has 80 valence electrons. The molecule has 0 unspecified atom stereocenters. The second-order valence-electron chi connectivity index (χ2n) is 3.11. The first-order valence-corrected chi connectivity index (χ1v) is 4.66. The largest absolute Gasteiger partial charge is 0.478 e. The Morgan fingerprint density at radius 1 is 1.31 bits per heavy atom. The first-order chi connectivity index (χ1) is 7.77. The maximum atomic E-state index is 11.1. The van der Waals surface area contributed by atoms with Gasteiger partial charge in [0.25, 0.3) is 0 Å². The van der Waals surface area contributed by atoms with Gasteiger partial charge in [-0.1, -0.05) is 0 Å². The molecule has 0 atom stereocenters. The van der Waals surface area contributed by atoms with Gasteiger partial charge in [-0.3, -0.25) is 4.98 Å². The van der Waals surface area contributed by atoms with Crippen molar-refractivity contribution < 1.29 is 14.3 Å². The van der Waals surface area contributed by atoms with Crippen LogP contribution >= 0.6 is 0 Å². The van der Waals surface area contributed by atoms with Crippen molar-refractivity contribution in [3.05, 3.63) is 54.2 Å². The van der Waals surface area contributed by atoms with Crippen LogP contribution in [0.1, 0.15) is 11.3 Å². The Morgan fingerprint density at radius 3 is 2.62 bits per heavy atom. The van der Waals surface area contributed by atoms with Gasteiger partial charge in [-0.25, -0.2) is 4.79 Å². The van der Waals surface area contributed by atoms with E-state index in [1.807, 2.05) is 0 Å². The summed E-state index contributed by atoms with van der Waals surface area (Å²) >= 11 is 0. The second-order valence-corrected chi connectivity index (χ2v) is 3.11. The number of carboxylic acid groups (broad SMARTS) is 1. The molecule has 0 spiro atoms. The summed E-state index contributed by atoms with van der Waals surface area (Å²) in [5, 5.41) is 9.10. The predicted molar refractivity (Wildman–Crippen MR) is 58.5 cm³/mol. The van der Waals surface area contributed by atoms with Gasteiger partial charge in [0.05, 0.1) is 11.8 Å². The Labute approximate surface area is 91.9 Å². The lowest BCUT2D eigenvalue weighted by Crippen LogP contribution is -1.99. The number of rotatable bonds is 3. The van der Waals surface area contributed by atoms with Crippen LogP contribution in [-0.2, 0) is 4.79 Å². The van der Waals surface area contributed by atoms with Gasteiger partial charge < -0.3 is 9.52 Å². The molecule has 0 saturated carbocycles. The smallest absolute Gasteiger partial charge is 0.336 e. The standard InChI is InChI=1S/C12H9NO3/c14-12(15)11(8-10-2-1-7-16-10)9-3-5-13-6-4-9/h1-8H,(H,14,15). The third-order valence-corrected chi connectivity index (χ3v) is 2.05. The molecule has 0 aliphatic carbocycles. The highest BCUT2D eigenvalue weighted by molar-refractivity contribution is 6.20. The lowest BCUT2D eigenvalue weighted by molar-refractivity contribution is -0.130. The first-order valence-electron chi connectivity index (χ1n) is 4.66. The average Bonchev–Trinajstić information content (AvgIpc) is 2.79. The molecule has 0 aliphatic rings. The molecule has 0 bridgehead atoms. The van der Waals surface area contributed by atoms with Gasteiger partial charge in [-0.15, -0.1) is 0 Å². The fourth-order valence-corrected chi connectivity index (χ4v) is 1.32. The van der Waals surface area contributed by atoms with E-state index in [0.29, 0.717) is 11.3 Å². The molecule has 4 nitrogen and oxygen atoms in total. The van der Waals surface area contributed by atoms with Crippen molar-refractivity contribution in [2.45, 2.75) is 0 Å². The Kier molecular flexibility index (Phi) is 2.82. The Morgan fingerprint density at radius 2 is 2.06 bits per heavy atom. The molecule has 0 fully saturated rings. The molecular formula is C12H9NO3. The monoisotopic (exact) mass is 215 g/mol. The lowest BCUT2D eigenvalue weighted by atomic mass is 10.1. The molecular weight excluding hydrogens is 206 g/mol. The van der Waals surface area contributed by atoms with Gasteiger partial charge in [0.2, 0.25) is 0 Å². The van der Waals surface area contributed by atoms with Crippen molar-refractivity contribution in [1.82, 2.24) is 4.98 Å². The van der Waals surface area contributed by atoms with Crippen LogP contribution in [0.25, 0.3) is 11.6 Å². The van der Waals surface area contributed by atoms with E-state index in [1.165, 1.54) is 12.3 Å². The van der Waals surface area contributed by atoms with Crippen LogP contribution in [0.15, 0.2) is 47.3 Å². The van der Waals surface area contributed by atoms with Crippen LogP contribution in [-0.4, -0.2) is 16.1 Å². The number of pyridine rings is 1. The normalized spacial score (nSPS) is 11.4. The van der Waals surface area contributed by atoms with Gasteiger partial charge in [0.15, 0.2) is 0 Å². The molecule has 2 rings (SSSR count). The number of furan rings is 1. The number of carbonyl (C=O) groups is 1. The minimum atomic E-state index is -0.998. The number of hydrogen-bond acceptors (Lipinski definition) is 3. The van der Waals surface area contributed by atoms with Gasteiger partial charge in [0, 0.05) is 12.4 Å². The fourth-order valence-electron chi connectivity index (χ4n) is 1.32. The zero-order valence-electron chi connectivity index (χ0n) is 8.33. The van der Waals surface area contributed by atoms with Crippen molar-refractivity contribution in [2.24, 2.45) is 0 Å². The highest BCUT2D eigenvalue weighted by Crippen LogP contribution is 2.17. The van der Waals surface area contributed by atoms with E-state index in [4.69, 9.17) is 9.52 Å². The molecule has 1 N–H and O–H groups in total. The van der Waals surface area contributed by atoms with Crippen molar-refractivity contribution in [1.29, 1.82) is 0 Å². The summed E-state index contributed by atoms with van der Waals surface area (Å²) in [6, 6.07) is 6.69. The number of aliphatic carboxylic acids is 1. The predicted octanol–water partition coefficient (Wildman–Crippen LogP) is 2.30. The topological polar surface area (TPSA) is 63.3 Å². The molecule has 0 amide bonds. The van der Waals surface area contributed by atoms with Crippen LogP contribution in [0.5, 0.6) is 0 Å². The van der Waals surface area contributed by atoms with Crippen LogP contribution in [0.2, 0.25) is 0 Å². The minimum Gasteiger partial charge on any atom is -0.478 e. The molecule has 2 heterocycles. The molecule has 0 aromatic carbocycles.